The standard InChI is InChI=1S/C8H11NO2/c1-2-6-3-4-9-7(6)5-8(10)11/h3-4,9H,2,5H2,1H3,(H,10,11). The minimum atomic E-state index is -0.790. The number of rotatable bonds is 3. The highest BCUT2D eigenvalue weighted by Gasteiger charge is 2.05. The quantitative estimate of drug-likeness (QED) is 0.685. The molecule has 0 atom stereocenters. The summed E-state index contributed by atoms with van der Waals surface area (Å²) < 4.78 is 0. The highest BCUT2D eigenvalue weighted by Crippen LogP contribution is 2.07. The Morgan fingerprint density at radius 2 is 2.45 bits per heavy atom. The molecule has 1 rings (SSSR count). The summed E-state index contributed by atoms with van der Waals surface area (Å²) >= 11 is 0. The summed E-state index contributed by atoms with van der Waals surface area (Å²) in [5.74, 6) is -0.790. The number of aliphatic carboxylic acids is 1. The van der Waals surface area contributed by atoms with E-state index in [1.54, 1.807) is 6.20 Å². The fourth-order valence-electron chi connectivity index (χ4n) is 1.08. The number of aromatic nitrogens is 1. The zero-order chi connectivity index (χ0) is 8.27. The molecule has 0 aliphatic rings. The van der Waals surface area contributed by atoms with Gasteiger partial charge in [0.15, 0.2) is 0 Å². The molecule has 0 amide bonds. The Hall–Kier alpha value is -1.25. The van der Waals surface area contributed by atoms with Crippen LogP contribution in [-0.2, 0) is 17.6 Å². The third kappa shape index (κ3) is 1.83. The van der Waals surface area contributed by atoms with Crippen LogP contribution in [0.15, 0.2) is 12.3 Å². The lowest BCUT2D eigenvalue weighted by Crippen LogP contribution is -2.02. The summed E-state index contributed by atoms with van der Waals surface area (Å²) in [6.07, 6.45) is 2.75. The number of carbonyl (C=O) groups is 1. The molecule has 1 aromatic rings. The van der Waals surface area contributed by atoms with Crippen LogP contribution in [0.1, 0.15) is 18.2 Å². The monoisotopic (exact) mass is 153 g/mol. The van der Waals surface area contributed by atoms with Crippen LogP contribution in [-0.4, -0.2) is 16.1 Å². The first-order valence-corrected chi connectivity index (χ1v) is 3.61. The van der Waals surface area contributed by atoms with E-state index in [1.807, 2.05) is 13.0 Å². The summed E-state index contributed by atoms with van der Waals surface area (Å²) in [4.78, 5) is 13.2. The molecule has 0 aliphatic heterocycles. The van der Waals surface area contributed by atoms with Crippen LogP contribution in [0.25, 0.3) is 0 Å². The summed E-state index contributed by atoms with van der Waals surface area (Å²) in [5.41, 5.74) is 1.91. The Balaban J connectivity index is 2.76. The topological polar surface area (TPSA) is 53.1 Å². The van der Waals surface area contributed by atoms with Crippen molar-refractivity contribution in [2.75, 3.05) is 0 Å². The fraction of sp³-hybridized carbons (Fsp3) is 0.375. The van der Waals surface area contributed by atoms with E-state index in [9.17, 15) is 4.79 Å². The molecule has 2 N–H and O–H groups in total. The van der Waals surface area contributed by atoms with Crippen LogP contribution in [0.4, 0.5) is 0 Å². The molecule has 0 radical (unpaired) electrons. The van der Waals surface area contributed by atoms with E-state index in [4.69, 9.17) is 5.11 Å². The number of aromatic amines is 1. The van der Waals surface area contributed by atoms with Crippen LogP contribution in [0.5, 0.6) is 0 Å². The van der Waals surface area contributed by atoms with Crippen LogP contribution in [0.2, 0.25) is 0 Å². The largest absolute Gasteiger partial charge is 0.481 e. The molecule has 3 heteroatoms. The molecule has 0 aromatic carbocycles. The van der Waals surface area contributed by atoms with Crippen LogP contribution < -0.4 is 0 Å². The number of nitrogens with one attached hydrogen (secondary N) is 1. The van der Waals surface area contributed by atoms with Gasteiger partial charge in [-0.15, -0.1) is 0 Å². The Kier molecular flexibility index (Phi) is 2.31. The Morgan fingerprint density at radius 1 is 1.73 bits per heavy atom. The predicted molar refractivity (Wildman–Crippen MR) is 41.5 cm³/mol. The third-order valence-corrected chi connectivity index (χ3v) is 1.64. The van der Waals surface area contributed by atoms with Crippen molar-refractivity contribution in [1.82, 2.24) is 4.98 Å². The Bertz CT molecular complexity index is 252. The second-order valence-electron chi connectivity index (χ2n) is 2.41. The van der Waals surface area contributed by atoms with Crippen molar-refractivity contribution in [2.24, 2.45) is 0 Å². The normalized spacial score (nSPS) is 9.91. The van der Waals surface area contributed by atoms with E-state index in [0.29, 0.717) is 0 Å². The number of hydrogen-bond acceptors (Lipinski definition) is 1. The lowest BCUT2D eigenvalue weighted by atomic mass is 10.1. The van der Waals surface area contributed by atoms with Crippen molar-refractivity contribution in [3.8, 4) is 0 Å². The molecule has 1 heterocycles. The molecule has 0 bridgehead atoms. The van der Waals surface area contributed by atoms with Gasteiger partial charge in [0.2, 0.25) is 0 Å². The summed E-state index contributed by atoms with van der Waals surface area (Å²) in [6, 6.07) is 1.91. The lowest BCUT2D eigenvalue weighted by Gasteiger charge is -1.95. The summed E-state index contributed by atoms with van der Waals surface area (Å²) in [6.45, 7) is 2.01. The van der Waals surface area contributed by atoms with E-state index in [-0.39, 0.29) is 6.42 Å². The molecular weight excluding hydrogens is 142 g/mol. The van der Waals surface area contributed by atoms with Crippen molar-refractivity contribution in [2.45, 2.75) is 19.8 Å². The molecule has 0 spiro atoms. The zero-order valence-corrected chi connectivity index (χ0v) is 6.42. The molecular formula is C8H11NO2. The predicted octanol–water partition coefficient (Wildman–Crippen LogP) is 1.20. The van der Waals surface area contributed by atoms with Gasteiger partial charge in [-0.2, -0.15) is 0 Å². The maximum Gasteiger partial charge on any atom is 0.309 e. The number of carboxylic acids is 1. The van der Waals surface area contributed by atoms with Gasteiger partial charge in [-0.25, -0.2) is 0 Å². The second kappa shape index (κ2) is 3.23. The maximum absolute atomic E-state index is 10.3. The highest BCUT2D eigenvalue weighted by atomic mass is 16.4. The number of hydrogen-bond donors (Lipinski definition) is 2. The summed E-state index contributed by atoms with van der Waals surface area (Å²) in [7, 11) is 0. The van der Waals surface area contributed by atoms with Gasteiger partial charge in [-0.3, -0.25) is 4.79 Å². The SMILES string of the molecule is CCc1cc[nH]c1CC(=O)O. The molecule has 3 nitrogen and oxygen atoms in total. The van der Waals surface area contributed by atoms with Crippen molar-refractivity contribution in [3.63, 3.8) is 0 Å². The van der Waals surface area contributed by atoms with Crippen LogP contribution in [0.3, 0.4) is 0 Å². The van der Waals surface area contributed by atoms with Gasteiger partial charge in [0.1, 0.15) is 0 Å². The smallest absolute Gasteiger partial charge is 0.309 e. The highest BCUT2D eigenvalue weighted by molar-refractivity contribution is 5.70. The number of aryl methyl sites for hydroxylation is 1. The van der Waals surface area contributed by atoms with Gasteiger partial charge in [0.05, 0.1) is 6.42 Å². The van der Waals surface area contributed by atoms with Gasteiger partial charge in [0.25, 0.3) is 0 Å². The molecule has 11 heavy (non-hydrogen) atoms. The molecule has 0 saturated carbocycles. The molecule has 60 valence electrons. The maximum atomic E-state index is 10.3. The average molecular weight is 153 g/mol. The zero-order valence-electron chi connectivity index (χ0n) is 6.42. The molecule has 0 fully saturated rings. The second-order valence-corrected chi connectivity index (χ2v) is 2.41. The lowest BCUT2D eigenvalue weighted by molar-refractivity contribution is -0.136. The number of H-pyrrole nitrogens is 1. The van der Waals surface area contributed by atoms with E-state index >= 15 is 0 Å². The van der Waals surface area contributed by atoms with E-state index in [1.165, 1.54) is 0 Å². The summed E-state index contributed by atoms with van der Waals surface area (Å²) in [5, 5.41) is 8.49. The first kappa shape index (κ1) is 7.85. The van der Waals surface area contributed by atoms with E-state index < -0.39 is 5.97 Å². The van der Waals surface area contributed by atoms with Crippen LogP contribution >= 0.6 is 0 Å². The average Bonchev–Trinajstić information content (AvgIpc) is 2.34. The van der Waals surface area contributed by atoms with Crippen molar-refractivity contribution in [1.29, 1.82) is 0 Å². The fourth-order valence-corrected chi connectivity index (χ4v) is 1.08. The van der Waals surface area contributed by atoms with E-state index in [2.05, 4.69) is 4.98 Å². The van der Waals surface area contributed by atoms with Crippen molar-refractivity contribution >= 4 is 5.97 Å². The third-order valence-electron chi connectivity index (χ3n) is 1.64. The Labute approximate surface area is 65.1 Å². The van der Waals surface area contributed by atoms with Gasteiger partial charge in [0, 0.05) is 11.9 Å². The van der Waals surface area contributed by atoms with Gasteiger partial charge < -0.3 is 10.1 Å². The van der Waals surface area contributed by atoms with Crippen molar-refractivity contribution in [3.05, 3.63) is 23.5 Å². The first-order chi connectivity index (χ1) is 5.24. The number of carboxylic acid groups (broad SMARTS) is 1. The van der Waals surface area contributed by atoms with Crippen LogP contribution in [0, 0.1) is 0 Å². The van der Waals surface area contributed by atoms with E-state index in [0.717, 1.165) is 17.7 Å². The van der Waals surface area contributed by atoms with Gasteiger partial charge in [-0.05, 0) is 18.1 Å². The minimum Gasteiger partial charge on any atom is -0.481 e. The van der Waals surface area contributed by atoms with Gasteiger partial charge >= 0.3 is 5.97 Å². The van der Waals surface area contributed by atoms with Crippen molar-refractivity contribution < 1.29 is 9.90 Å². The molecule has 0 saturated heterocycles. The molecule has 0 aliphatic carbocycles. The van der Waals surface area contributed by atoms with Gasteiger partial charge in [-0.1, -0.05) is 6.92 Å². The first-order valence-electron chi connectivity index (χ1n) is 3.61. The molecule has 0 unspecified atom stereocenters. The minimum absolute atomic E-state index is 0.0934. The molecule has 1 aromatic heterocycles. The Morgan fingerprint density at radius 3 is 3.00 bits per heavy atom.